The maximum atomic E-state index is 11.0. The standard InChI is InChI=1S/C11H13NO4S/c1-7-4-5-8(12(15)16)9(6-7)17-11(2,3)10(13)14/h4-6H,1-3H3,(H,13,14). The molecule has 0 radical (unpaired) electrons. The Kier molecular flexibility index (Phi) is 3.77. The Morgan fingerprint density at radius 1 is 1.47 bits per heavy atom. The van der Waals surface area contributed by atoms with Gasteiger partial charge >= 0.3 is 5.97 Å². The smallest absolute Gasteiger partial charge is 0.319 e. The Hall–Kier alpha value is -1.56. The Morgan fingerprint density at radius 3 is 2.53 bits per heavy atom. The van der Waals surface area contributed by atoms with E-state index in [1.54, 1.807) is 12.1 Å². The van der Waals surface area contributed by atoms with Crippen LogP contribution in [0.3, 0.4) is 0 Å². The number of carbonyl (C=O) groups is 1. The Balaban J connectivity index is 3.17. The second-order valence-corrected chi connectivity index (χ2v) is 5.81. The molecule has 0 unspecified atom stereocenters. The summed E-state index contributed by atoms with van der Waals surface area (Å²) in [5.74, 6) is -1.00. The molecule has 17 heavy (non-hydrogen) atoms. The van der Waals surface area contributed by atoms with Gasteiger partial charge in [0.2, 0.25) is 0 Å². The molecule has 0 fully saturated rings. The Bertz CT molecular complexity index is 471. The van der Waals surface area contributed by atoms with Crippen molar-refractivity contribution in [3.63, 3.8) is 0 Å². The molecule has 0 aromatic heterocycles. The molecule has 1 aromatic carbocycles. The van der Waals surface area contributed by atoms with Gasteiger partial charge in [-0.15, -0.1) is 11.8 Å². The Labute approximate surface area is 103 Å². The lowest BCUT2D eigenvalue weighted by atomic mass is 10.2. The molecule has 0 atom stereocenters. The second kappa shape index (κ2) is 4.75. The number of nitrogens with zero attached hydrogens (tertiary/aromatic N) is 1. The monoisotopic (exact) mass is 255 g/mol. The molecule has 5 nitrogen and oxygen atoms in total. The number of carboxylic acids is 1. The van der Waals surface area contributed by atoms with Gasteiger partial charge in [0, 0.05) is 6.07 Å². The highest BCUT2D eigenvalue weighted by atomic mass is 32.2. The first-order chi connectivity index (χ1) is 7.74. The number of benzene rings is 1. The van der Waals surface area contributed by atoms with Gasteiger partial charge in [-0.05, 0) is 32.4 Å². The van der Waals surface area contributed by atoms with Crippen molar-refractivity contribution in [1.29, 1.82) is 0 Å². The molecule has 0 spiro atoms. The third-order valence-corrected chi connectivity index (χ3v) is 3.42. The molecule has 92 valence electrons. The van der Waals surface area contributed by atoms with E-state index in [0.717, 1.165) is 17.3 Å². The first-order valence-corrected chi connectivity index (χ1v) is 5.73. The maximum absolute atomic E-state index is 11.0. The maximum Gasteiger partial charge on any atom is 0.319 e. The number of nitro benzene ring substituents is 1. The van der Waals surface area contributed by atoms with Gasteiger partial charge < -0.3 is 5.11 Å². The Morgan fingerprint density at radius 2 is 2.06 bits per heavy atom. The molecular weight excluding hydrogens is 242 g/mol. The van der Waals surface area contributed by atoms with Crippen molar-refractivity contribution >= 4 is 23.4 Å². The lowest BCUT2D eigenvalue weighted by Crippen LogP contribution is -2.27. The summed E-state index contributed by atoms with van der Waals surface area (Å²) >= 11 is 0.982. The van der Waals surface area contributed by atoms with Gasteiger partial charge in [0.25, 0.3) is 5.69 Å². The van der Waals surface area contributed by atoms with Crippen molar-refractivity contribution in [3.8, 4) is 0 Å². The first kappa shape index (κ1) is 13.5. The third-order valence-electron chi connectivity index (χ3n) is 2.19. The van der Waals surface area contributed by atoms with Gasteiger partial charge in [0.1, 0.15) is 4.75 Å². The van der Waals surface area contributed by atoms with Gasteiger partial charge in [-0.25, -0.2) is 0 Å². The van der Waals surface area contributed by atoms with Crippen LogP contribution in [0.15, 0.2) is 23.1 Å². The molecule has 0 aliphatic heterocycles. The molecular formula is C11H13NO4S. The molecule has 6 heteroatoms. The molecule has 0 aliphatic rings. The highest BCUT2D eigenvalue weighted by molar-refractivity contribution is 8.01. The number of hydrogen-bond acceptors (Lipinski definition) is 4. The highest BCUT2D eigenvalue weighted by Gasteiger charge is 2.31. The number of aryl methyl sites for hydroxylation is 1. The van der Waals surface area contributed by atoms with Crippen LogP contribution in [0, 0.1) is 17.0 Å². The van der Waals surface area contributed by atoms with Crippen LogP contribution in [0.5, 0.6) is 0 Å². The highest BCUT2D eigenvalue weighted by Crippen LogP contribution is 2.38. The van der Waals surface area contributed by atoms with Crippen LogP contribution in [0.4, 0.5) is 5.69 Å². The van der Waals surface area contributed by atoms with E-state index in [1.807, 2.05) is 6.92 Å². The third kappa shape index (κ3) is 3.20. The van der Waals surface area contributed by atoms with E-state index in [-0.39, 0.29) is 5.69 Å². The van der Waals surface area contributed by atoms with Crippen LogP contribution in [0.25, 0.3) is 0 Å². The normalized spacial score (nSPS) is 11.2. The molecule has 0 saturated heterocycles. The minimum Gasteiger partial charge on any atom is -0.480 e. The lowest BCUT2D eigenvalue weighted by molar-refractivity contribution is -0.387. The van der Waals surface area contributed by atoms with E-state index in [1.165, 1.54) is 19.9 Å². The number of nitro groups is 1. The summed E-state index contributed by atoms with van der Waals surface area (Å²) in [4.78, 5) is 21.7. The average molecular weight is 255 g/mol. The van der Waals surface area contributed by atoms with Crippen molar-refractivity contribution in [1.82, 2.24) is 0 Å². The van der Waals surface area contributed by atoms with Gasteiger partial charge in [-0.1, -0.05) is 6.07 Å². The lowest BCUT2D eigenvalue weighted by Gasteiger charge is -2.18. The average Bonchev–Trinajstić information content (AvgIpc) is 2.15. The van der Waals surface area contributed by atoms with E-state index in [4.69, 9.17) is 5.11 Å². The summed E-state index contributed by atoms with van der Waals surface area (Å²) in [5.41, 5.74) is 0.800. The van der Waals surface area contributed by atoms with Gasteiger partial charge in [-0.3, -0.25) is 14.9 Å². The summed E-state index contributed by atoms with van der Waals surface area (Å²) in [7, 11) is 0. The fourth-order valence-corrected chi connectivity index (χ4v) is 2.30. The summed E-state index contributed by atoms with van der Waals surface area (Å²) < 4.78 is -1.10. The van der Waals surface area contributed by atoms with E-state index in [2.05, 4.69) is 0 Å². The van der Waals surface area contributed by atoms with Gasteiger partial charge in [-0.2, -0.15) is 0 Å². The van der Waals surface area contributed by atoms with Crippen LogP contribution in [-0.2, 0) is 4.79 Å². The zero-order valence-corrected chi connectivity index (χ0v) is 10.6. The van der Waals surface area contributed by atoms with Crippen molar-refractivity contribution < 1.29 is 14.8 Å². The molecule has 1 N–H and O–H groups in total. The molecule has 1 aromatic rings. The summed E-state index contributed by atoms with van der Waals surface area (Å²) in [6.07, 6.45) is 0. The molecule has 0 aliphatic carbocycles. The van der Waals surface area contributed by atoms with Crippen LogP contribution in [-0.4, -0.2) is 20.7 Å². The summed E-state index contributed by atoms with van der Waals surface area (Å²) in [6.45, 7) is 4.85. The van der Waals surface area contributed by atoms with Gasteiger partial charge in [0.05, 0.1) is 9.82 Å². The van der Waals surface area contributed by atoms with Crippen LogP contribution in [0.2, 0.25) is 0 Å². The van der Waals surface area contributed by atoms with Crippen molar-refractivity contribution in [2.75, 3.05) is 0 Å². The molecule has 0 heterocycles. The van der Waals surface area contributed by atoms with Crippen molar-refractivity contribution in [3.05, 3.63) is 33.9 Å². The minimum atomic E-state index is -1.10. The second-order valence-electron chi connectivity index (χ2n) is 4.15. The fourth-order valence-electron chi connectivity index (χ4n) is 1.17. The zero-order valence-electron chi connectivity index (χ0n) is 9.76. The zero-order chi connectivity index (χ0) is 13.2. The number of rotatable bonds is 4. The van der Waals surface area contributed by atoms with E-state index >= 15 is 0 Å². The topological polar surface area (TPSA) is 80.4 Å². The van der Waals surface area contributed by atoms with E-state index in [0.29, 0.717) is 4.90 Å². The van der Waals surface area contributed by atoms with Gasteiger partial charge in [0.15, 0.2) is 0 Å². The quantitative estimate of drug-likeness (QED) is 0.508. The predicted molar refractivity (Wildman–Crippen MR) is 65.4 cm³/mol. The number of aliphatic carboxylic acids is 1. The van der Waals surface area contributed by atoms with Crippen LogP contribution in [0.1, 0.15) is 19.4 Å². The molecule has 0 saturated carbocycles. The molecule has 0 bridgehead atoms. The number of carboxylic acid groups (broad SMARTS) is 1. The van der Waals surface area contributed by atoms with Crippen molar-refractivity contribution in [2.45, 2.75) is 30.4 Å². The molecule has 1 rings (SSSR count). The SMILES string of the molecule is Cc1ccc([N+](=O)[O-])c(SC(C)(C)C(=O)O)c1. The number of hydrogen-bond donors (Lipinski definition) is 1. The largest absolute Gasteiger partial charge is 0.480 e. The minimum absolute atomic E-state index is 0.0603. The van der Waals surface area contributed by atoms with E-state index in [9.17, 15) is 14.9 Å². The number of thioether (sulfide) groups is 1. The van der Waals surface area contributed by atoms with Crippen LogP contribution >= 0.6 is 11.8 Å². The predicted octanol–water partition coefficient (Wildman–Crippen LogP) is 2.86. The summed E-state index contributed by atoms with van der Waals surface area (Å²) in [5, 5.41) is 19.8. The first-order valence-electron chi connectivity index (χ1n) is 4.91. The molecule has 0 amide bonds. The summed E-state index contributed by atoms with van der Waals surface area (Å²) in [6, 6.07) is 4.67. The van der Waals surface area contributed by atoms with E-state index < -0.39 is 15.6 Å². The van der Waals surface area contributed by atoms with Crippen LogP contribution < -0.4 is 0 Å². The fraction of sp³-hybridized carbons (Fsp3) is 0.364. The van der Waals surface area contributed by atoms with Crippen molar-refractivity contribution in [2.24, 2.45) is 0 Å².